The molecule has 2 amide bonds. The summed E-state index contributed by atoms with van der Waals surface area (Å²) in [6.45, 7) is 3.16. The molecule has 134 valence electrons. The summed E-state index contributed by atoms with van der Waals surface area (Å²) in [5.74, 6) is -5.02. The summed E-state index contributed by atoms with van der Waals surface area (Å²) < 4.78 is 0. The molecule has 1 unspecified atom stereocenters. The van der Waals surface area contributed by atoms with Crippen molar-refractivity contribution in [2.24, 2.45) is 5.92 Å². The van der Waals surface area contributed by atoms with E-state index in [0.29, 0.717) is 4.90 Å². The number of nitrogens with two attached hydrogens (primary N) is 1. The summed E-state index contributed by atoms with van der Waals surface area (Å²) >= 11 is 0. The normalized spacial score (nSPS) is 17.1. The fourth-order valence-corrected chi connectivity index (χ4v) is 3.53. The standard InChI is InChI=1S/C17H20N2O6/c1-3-9(7-13(20)21)17(4-2,16(24)25)19-14(22)11-6-5-10(18)8-12(11)15(19)23/h5-6,8-9H,3-4,7,18H2,1-2H3,(H,20,21)(H,24,25)/t9?,17-/m0/s1. The van der Waals surface area contributed by atoms with Crippen LogP contribution in [0.5, 0.6) is 0 Å². The second-order valence-corrected chi connectivity index (χ2v) is 6.04. The number of hydrogen-bond acceptors (Lipinski definition) is 5. The van der Waals surface area contributed by atoms with Crippen molar-refractivity contribution < 1.29 is 29.4 Å². The number of anilines is 1. The predicted octanol–water partition coefficient (Wildman–Crippen LogP) is 1.60. The molecule has 0 spiro atoms. The van der Waals surface area contributed by atoms with Crippen LogP contribution in [0.2, 0.25) is 0 Å². The van der Waals surface area contributed by atoms with Crippen LogP contribution in [0, 0.1) is 5.92 Å². The number of fused-ring (bicyclic) bond motifs is 1. The van der Waals surface area contributed by atoms with Crippen molar-refractivity contribution in [2.45, 2.75) is 38.6 Å². The Morgan fingerprint density at radius 1 is 1.16 bits per heavy atom. The van der Waals surface area contributed by atoms with Crippen LogP contribution >= 0.6 is 0 Å². The van der Waals surface area contributed by atoms with Crippen molar-refractivity contribution in [1.29, 1.82) is 0 Å². The van der Waals surface area contributed by atoms with Gasteiger partial charge in [-0.05, 0) is 31.0 Å². The number of amides is 2. The predicted molar refractivity (Wildman–Crippen MR) is 88.0 cm³/mol. The molecule has 4 N–H and O–H groups in total. The summed E-state index contributed by atoms with van der Waals surface area (Å²) in [7, 11) is 0. The molecule has 1 aromatic carbocycles. The van der Waals surface area contributed by atoms with Crippen LogP contribution < -0.4 is 5.73 Å². The number of benzene rings is 1. The largest absolute Gasteiger partial charge is 0.481 e. The highest BCUT2D eigenvalue weighted by Gasteiger charge is 2.57. The lowest BCUT2D eigenvalue weighted by atomic mass is 9.76. The maximum Gasteiger partial charge on any atom is 0.330 e. The highest BCUT2D eigenvalue weighted by atomic mass is 16.4. The maximum atomic E-state index is 12.8. The Balaban J connectivity index is 2.64. The first kappa shape index (κ1) is 18.4. The van der Waals surface area contributed by atoms with E-state index < -0.39 is 41.6 Å². The average molecular weight is 348 g/mol. The van der Waals surface area contributed by atoms with Crippen molar-refractivity contribution in [3.05, 3.63) is 29.3 Å². The Hall–Kier alpha value is -2.90. The van der Waals surface area contributed by atoms with Gasteiger partial charge in [-0.25, -0.2) is 4.79 Å². The zero-order chi connectivity index (χ0) is 18.9. The lowest BCUT2D eigenvalue weighted by Crippen LogP contribution is -2.61. The number of carbonyl (C=O) groups is 4. The van der Waals surface area contributed by atoms with E-state index in [2.05, 4.69) is 0 Å². The average Bonchev–Trinajstić information content (AvgIpc) is 2.79. The van der Waals surface area contributed by atoms with Crippen LogP contribution in [-0.4, -0.2) is 44.4 Å². The fraction of sp³-hybridized carbons (Fsp3) is 0.412. The first-order valence-corrected chi connectivity index (χ1v) is 7.94. The van der Waals surface area contributed by atoms with Gasteiger partial charge in [0.2, 0.25) is 0 Å². The number of carboxylic acids is 2. The van der Waals surface area contributed by atoms with E-state index in [1.807, 2.05) is 0 Å². The minimum atomic E-state index is -1.94. The van der Waals surface area contributed by atoms with Gasteiger partial charge in [0.1, 0.15) is 0 Å². The lowest BCUT2D eigenvalue weighted by Gasteiger charge is -2.41. The van der Waals surface area contributed by atoms with Crippen LogP contribution in [0.25, 0.3) is 0 Å². The molecule has 1 aliphatic heterocycles. The van der Waals surface area contributed by atoms with Crippen molar-refractivity contribution in [3.63, 3.8) is 0 Å². The Labute approximate surface area is 144 Å². The first-order valence-electron chi connectivity index (χ1n) is 7.94. The molecule has 0 aromatic heterocycles. The number of aliphatic carboxylic acids is 2. The summed E-state index contributed by atoms with van der Waals surface area (Å²) in [5, 5.41) is 19.0. The zero-order valence-electron chi connectivity index (χ0n) is 14.0. The second-order valence-electron chi connectivity index (χ2n) is 6.04. The third-order valence-electron chi connectivity index (χ3n) is 4.81. The molecule has 8 heteroatoms. The van der Waals surface area contributed by atoms with Crippen LogP contribution in [0.3, 0.4) is 0 Å². The van der Waals surface area contributed by atoms with E-state index in [0.717, 1.165) is 0 Å². The molecule has 0 aliphatic carbocycles. The lowest BCUT2D eigenvalue weighted by molar-refractivity contribution is -0.154. The molecule has 0 bridgehead atoms. The van der Waals surface area contributed by atoms with E-state index in [1.54, 1.807) is 6.92 Å². The van der Waals surface area contributed by atoms with Gasteiger partial charge in [-0.15, -0.1) is 0 Å². The molecule has 25 heavy (non-hydrogen) atoms. The highest BCUT2D eigenvalue weighted by molar-refractivity contribution is 6.23. The van der Waals surface area contributed by atoms with Crippen LogP contribution in [0.15, 0.2) is 18.2 Å². The number of nitrogen functional groups attached to an aromatic ring is 1. The van der Waals surface area contributed by atoms with Gasteiger partial charge in [-0.2, -0.15) is 0 Å². The third-order valence-corrected chi connectivity index (χ3v) is 4.81. The van der Waals surface area contributed by atoms with E-state index in [1.165, 1.54) is 25.1 Å². The van der Waals surface area contributed by atoms with Crippen molar-refractivity contribution in [3.8, 4) is 0 Å². The number of carboxylic acid groups (broad SMARTS) is 2. The van der Waals surface area contributed by atoms with E-state index in [4.69, 9.17) is 10.8 Å². The molecular formula is C17H20N2O6. The van der Waals surface area contributed by atoms with Gasteiger partial charge in [0.15, 0.2) is 5.54 Å². The Morgan fingerprint density at radius 2 is 1.76 bits per heavy atom. The Bertz CT molecular complexity index is 760. The van der Waals surface area contributed by atoms with Gasteiger partial charge in [0, 0.05) is 11.6 Å². The minimum absolute atomic E-state index is 0.0363. The fourth-order valence-electron chi connectivity index (χ4n) is 3.53. The smallest absolute Gasteiger partial charge is 0.330 e. The van der Waals surface area contributed by atoms with Gasteiger partial charge in [-0.3, -0.25) is 19.3 Å². The molecule has 1 aliphatic rings. The topological polar surface area (TPSA) is 138 Å². The molecular weight excluding hydrogens is 328 g/mol. The molecule has 0 saturated carbocycles. The van der Waals surface area contributed by atoms with E-state index in [-0.39, 0.29) is 29.7 Å². The summed E-state index contributed by atoms with van der Waals surface area (Å²) in [4.78, 5) is 49.7. The number of rotatable bonds is 7. The van der Waals surface area contributed by atoms with Gasteiger partial charge in [0.25, 0.3) is 11.8 Å². The third kappa shape index (κ3) is 2.73. The first-order chi connectivity index (χ1) is 11.7. The SMILES string of the molecule is CCC(CC(=O)O)[C@@](CC)(C(=O)O)N1C(=O)c2ccc(N)cc2C1=O. The minimum Gasteiger partial charge on any atom is -0.481 e. The molecule has 1 aromatic rings. The van der Waals surface area contributed by atoms with Crippen molar-refractivity contribution in [2.75, 3.05) is 5.73 Å². The van der Waals surface area contributed by atoms with Crippen LogP contribution in [0.4, 0.5) is 5.69 Å². The number of nitrogens with zero attached hydrogens (tertiary/aromatic N) is 1. The van der Waals surface area contributed by atoms with Gasteiger partial charge < -0.3 is 15.9 Å². The monoisotopic (exact) mass is 348 g/mol. The Morgan fingerprint density at radius 3 is 2.24 bits per heavy atom. The molecule has 2 atom stereocenters. The summed E-state index contributed by atoms with van der Waals surface area (Å²) in [6.07, 6.45) is -0.386. The summed E-state index contributed by atoms with van der Waals surface area (Å²) in [5.41, 5.74) is 4.11. The number of hydrogen-bond donors (Lipinski definition) is 3. The van der Waals surface area contributed by atoms with E-state index >= 15 is 0 Å². The quantitative estimate of drug-likeness (QED) is 0.502. The number of imide groups is 1. The van der Waals surface area contributed by atoms with Crippen molar-refractivity contribution >= 4 is 29.4 Å². The molecule has 0 radical (unpaired) electrons. The maximum absolute atomic E-state index is 12.8. The summed E-state index contributed by atoms with van der Waals surface area (Å²) in [6, 6.07) is 4.16. The molecule has 0 fully saturated rings. The molecule has 2 rings (SSSR count). The number of carbonyl (C=O) groups excluding carboxylic acids is 2. The highest BCUT2D eigenvalue weighted by Crippen LogP contribution is 2.40. The zero-order valence-corrected chi connectivity index (χ0v) is 14.0. The van der Waals surface area contributed by atoms with Gasteiger partial charge in [0.05, 0.1) is 17.5 Å². The molecule has 1 heterocycles. The molecule has 0 saturated heterocycles. The van der Waals surface area contributed by atoms with Gasteiger partial charge in [-0.1, -0.05) is 13.8 Å². The van der Waals surface area contributed by atoms with Crippen LogP contribution in [0.1, 0.15) is 53.8 Å². The van der Waals surface area contributed by atoms with E-state index in [9.17, 15) is 24.3 Å². The Kier molecular flexibility index (Phi) is 4.82. The van der Waals surface area contributed by atoms with Gasteiger partial charge >= 0.3 is 11.9 Å². The second kappa shape index (κ2) is 6.54. The van der Waals surface area contributed by atoms with Crippen molar-refractivity contribution in [1.82, 2.24) is 4.90 Å². The molecule has 8 nitrogen and oxygen atoms in total. The van der Waals surface area contributed by atoms with Crippen LogP contribution in [-0.2, 0) is 9.59 Å².